The first-order valence-electron chi connectivity index (χ1n) is 10.7. The van der Waals surface area contributed by atoms with E-state index in [2.05, 4.69) is 20.0 Å². The molecule has 0 N–H and O–H groups in total. The van der Waals surface area contributed by atoms with E-state index < -0.39 is 5.41 Å². The Kier molecular flexibility index (Phi) is 5.16. The predicted molar refractivity (Wildman–Crippen MR) is 117 cm³/mol. The second kappa shape index (κ2) is 8.14. The molecule has 1 aromatic carbocycles. The van der Waals surface area contributed by atoms with Gasteiger partial charge in [0.2, 0.25) is 11.9 Å². The summed E-state index contributed by atoms with van der Waals surface area (Å²) in [6.45, 7) is 2.70. The normalized spacial score (nSPS) is 17.2. The van der Waals surface area contributed by atoms with Crippen molar-refractivity contribution in [3.05, 3.63) is 48.4 Å². The van der Waals surface area contributed by atoms with Crippen LogP contribution in [0.5, 0.6) is 11.5 Å². The lowest BCUT2D eigenvalue weighted by atomic mass is 9.99. The van der Waals surface area contributed by atoms with Gasteiger partial charge in [0.25, 0.3) is 0 Å². The van der Waals surface area contributed by atoms with E-state index >= 15 is 0 Å². The first-order valence-corrected chi connectivity index (χ1v) is 10.7. The number of hydrogen-bond donors (Lipinski definition) is 0. The van der Waals surface area contributed by atoms with Crippen LogP contribution in [-0.4, -0.2) is 66.3 Å². The van der Waals surface area contributed by atoms with Crippen molar-refractivity contribution in [2.45, 2.75) is 18.3 Å². The van der Waals surface area contributed by atoms with Crippen molar-refractivity contribution < 1.29 is 18.8 Å². The summed E-state index contributed by atoms with van der Waals surface area (Å²) >= 11 is 0. The Balaban J connectivity index is 1.30. The van der Waals surface area contributed by atoms with Crippen LogP contribution in [-0.2, 0) is 10.2 Å². The van der Waals surface area contributed by atoms with Crippen LogP contribution in [0.4, 0.5) is 5.95 Å². The largest absolute Gasteiger partial charge is 0.493 e. The van der Waals surface area contributed by atoms with Gasteiger partial charge in [-0.15, -0.1) is 0 Å². The minimum atomic E-state index is -0.580. The molecule has 2 aliphatic rings. The smallest absolute Gasteiger partial charge is 0.235 e. The molecule has 5 rings (SSSR count). The highest BCUT2D eigenvalue weighted by Gasteiger charge is 2.55. The molecule has 1 saturated heterocycles. The molecule has 0 bridgehead atoms. The molecule has 0 spiro atoms. The van der Waals surface area contributed by atoms with Crippen molar-refractivity contribution in [3.63, 3.8) is 0 Å². The van der Waals surface area contributed by atoms with Gasteiger partial charge in [0.15, 0.2) is 17.3 Å². The lowest BCUT2D eigenvalue weighted by Crippen LogP contribution is -2.52. The second-order valence-corrected chi connectivity index (χ2v) is 8.06. The van der Waals surface area contributed by atoms with Crippen molar-refractivity contribution in [2.75, 3.05) is 45.3 Å². The number of rotatable bonds is 6. The van der Waals surface area contributed by atoms with Gasteiger partial charge in [0, 0.05) is 50.2 Å². The van der Waals surface area contributed by atoms with Crippen molar-refractivity contribution in [1.82, 2.24) is 20.0 Å². The van der Waals surface area contributed by atoms with Gasteiger partial charge in [-0.05, 0) is 37.1 Å². The number of ether oxygens (including phenoxy) is 2. The summed E-state index contributed by atoms with van der Waals surface area (Å²) in [4.78, 5) is 26.1. The molecule has 2 aromatic heterocycles. The molecule has 1 saturated carbocycles. The maximum absolute atomic E-state index is 13.4. The van der Waals surface area contributed by atoms with E-state index in [0.717, 1.165) is 18.4 Å². The zero-order valence-electron chi connectivity index (χ0n) is 18.2. The Morgan fingerprint density at radius 3 is 2.38 bits per heavy atom. The van der Waals surface area contributed by atoms with E-state index in [-0.39, 0.29) is 5.91 Å². The van der Waals surface area contributed by atoms with E-state index in [1.807, 2.05) is 29.2 Å². The van der Waals surface area contributed by atoms with Crippen LogP contribution in [0.25, 0.3) is 11.3 Å². The molecule has 3 aromatic rings. The van der Waals surface area contributed by atoms with Gasteiger partial charge < -0.3 is 23.8 Å². The number of piperazine rings is 1. The molecule has 0 atom stereocenters. The number of anilines is 1. The first kappa shape index (κ1) is 20.3. The standard InChI is InChI=1S/C23H25N5O4/c1-30-17-5-4-16(14-19(17)31-2)18-15-20(26-32-18)23(6-7-23)21(29)27-10-12-28(13-11-27)22-24-8-3-9-25-22/h3-5,8-9,14-15H,6-7,10-13H2,1-2H3. The van der Waals surface area contributed by atoms with E-state index in [1.54, 1.807) is 32.7 Å². The third-order valence-corrected chi connectivity index (χ3v) is 6.23. The van der Waals surface area contributed by atoms with Crippen LogP contribution >= 0.6 is 0 Å². The van der Waals surface area contributed by atoms with Crippen molar-refractivity contribution in [3.8, 4) is 22.8 Å². The molecule has 1 aliphatic heterocycles. The van der Waals surface area contributed by atoms with Crippen LogP contribution < -0.4 is 14.4 Å². The average Bonchev–Trinajstić information content (AvgIpc) is 3.52. The quantitative estimate of drug-likeness (QED) is 0.583. The average molecular weight is 435 g/mol. The Morgan fingerprint density at radius 1 is 1.00 bits per heavy atom. The number of aromatic nitrogens is 3. The van der Waals surface area contributed by atoms with Crippen LogP contribution in [0.3, 0.4) is 0 Å². The third-order valence-electron chi connectivity index (χ3n) is 6.23. The summed E-state index contributed by atoms with van der Waals surface area (Å²) in [6, 6.07) is 9.23. The summed E-state index contributed by atoms with van der Waals surface area (Å²) in [5, 5.41) is 4.28. The Morgan fingerprint density at radius 2 is 1.72 bits per heavy atom. The van der Waals surface area contributed by atoms with Crippen molar-refractivity contribution in [2.24, 2.45) is 0 Å². The van der Waals surface area contributed by atoms with E-state index in [1.165, 1.54) is 0 Å². The fraction of sp³-hybridized carbons (Fsp3) is 0.391. The number of benzene rings is 1. The molecule has 3 heterocycles. The number of carbonyl (C=O) groups is 1. The van der Waals surface area contributed by atoms with Gasteiger partial charge in [-0.1, -0.05) is 5.16 Å². The number of nitrogens with zero attached hydrogens (tertiary/aromatic N) is 5. The highest BCUT2D eigenvalue weighted by Crippen LogP contribution is 2.50. The lowest BCUT2D eigenvalue weighted by molar-refractivity contribution is -0.134. The molecular weight excluding hydrogens is 410 g/mol. The maximum atomic E-state index is 13.4. The third kappa shape index (κ3) is 3.53. The lowest BCUT2D eigenvalue weighted by Gasteiger charge is -2.36. The summed E-state index contributed by atoms with van der Waals surface area (Å²) in [7, 11) is 3.19. The monoisotopic (exact) mass is 435 g/mol. The van der Waals surface area contributed by atoms with Gasteiger partial charge in [-0.3, -0.25) is 4.79 Å². The van der Waals surface area contributed by atoms with Gasteiger partial charge >= 0.3 is 0 Å². The fourth-order valence-electron chi connectivity index (χ4n) is 4.20. The number of hydrogen-bond acceptors (Lipinski definition) is 8. The van der Waals surface area contributed by atoms with E-state index in [0.29, 0.717) is 55.1 Å². The van der Waals surface area contributed by atoms with Gasteiger partial charge in [-0.25, -0.2) is 9.97 Å². The molecule has 1 aliphatic carbocycles. The van der Waals surface area contributed by atoms with Crippen LogP contribution in [0.15, 0.2) is 47.2 Å². The summed E-state index contributed by atoms with van der Waals surface area (Å²) in [6.07, 6.45) is 5.04. The predicted octanol–water partition coefficient (Wildman–Crippen LogP) is 2.53. The molecule has 32 heavy (non-hydrogen) atoms. The van der Waals surface area contributed by atoms with Gasteiger partial charge in [0.1, 0.15) is 0 Å². The zero-order valence-corrected chi connectivity index (χ0v) is 18.2. The molecule has 0 unspecified atom stereocenters. The van der Waals surface area contributed by atoms with Crippen LogP contribution in [0, 0.1) is 0 Å². The molecular formula is C23H25N5O4. The SMILES string of the molecule is COc1ccc(-c2cc(C3(C(=O)N4CCN(c5ncccn5)CC4)CC3)no2)cc1OC. The van der Waals surface area contributed by atoms with Crippen LogP contribution in [0.2, 0.25) is 0 Å². The fourth-order valence-corrected chi connectivity index (χ4v) is 4.20. The topological polar surface area (TPSA) is 93.8 Å². The van der Waals surface area contributed by atoms with Crippen LogP contribution in [0.1, 0.15) is 18.5 Å². The Labute approximate surface area is 185 Å². The molecule has 166 valence electrons. The highest BCUT2D eigenvalue weighted by atomic mass is 16.5. The summed E-state index contributed by atoms with van der Waals surface area (Å²) < 4.78 is 16.3. The molecule has 2 fully saturated rings. The van der Waals surface area contributed by atoms with Crippen molar-refractivity contribution in [1.29, 1.82) is 0 Å². The first-order chi connectivity index (χ1) is 15.6. The molecule has 9 heteroatoms. The van der Waals surface area contributed by atoms with Gasteiger partial charge in [-0.2, -0.15) is 0 Å². The van der Waals surface area contributed by atoms with Crippen molar-refractivity contribution >= 4 is 11.9 Å². The number of carbonyl (C=O) groups excluding carboxylic acids is 1. The minimum Gasteiger partial charge on any atom is -0.493 e. The molecule has 9 nitrogen and oxygen atoms in total. The van der Waals surface area contributed by atoms with E-state index in [4.69, 9.17) is 14.0 Å². The molecule has 0 radical (unpaired) electrons. The highest BCUT2D eigenvalue weighted by molar-refractivity contribution is 5.91. The Hall–Kier alpha value is -3.62. The number of methoxy groups -OCH3 is 2. The maximum Gasteiger partial charge on any atom is 0.235 e. The summed E-state index contributed by atoms with van der Waals surface area (Å²) in [5.41, 5.74) is 0.936. The number of amides is 1. The molecule has 1 amide bonds. The summed E-state index contributed by atoms with van der Waals surface area (Å²) in [5.74, 6) is 2.69. The zero-order chi connectivity index (χ0) is 22.1. The Bertz CT molecular complexity index is 1100. The van der Waals surface area contributed by atoms with E-state index in [9.17, 15) is 4.79 Å². The van der Waals surface area contributed by atoms with Gasteiger partial charge in [0.05, 0.1) is 25.3 Å². The minimum absolute atomic E-state index is 0.123. The second-order valence-electron chi connectivity index (χ2n) is 8.06.